The predicted molar refractivity (Wildman–Crippen MR) is 76.0 cm³/mol. The number of ether oxygens (including phenoxy) is 1. The first-order valence-corrected chi connectivity index (χ1v) is 6.36. The van der Waals surface area contributed by atoms with E-state index in [0.29, 0.717) is 12.1 Å². The third-order valence-corrected chi connectivity index (χ3v) is 2.33. The molecule has 0 saturated heterocycles. The molecule has 1 aromatic carbocycles. The lowest BCUT2D eigenvalue weighted by atomic mass is 10.1. The molecular formula is C14H21N3O3. The lowest BCUT2D eigenvalue weighted by Gasteiger charge is -2.19. The van der Waals surface area contributed by atoms with Crippen LogP contribution < -0.4 is 16.4 Å². The third kappa shape index (κ3) is 5.71. The highest BCUT2D eigenvalue weighted by Gasteiger charge is 2.15. The lowest BCUT2D eigenvalue weighted by Crippen LogP contribution is -2.40. The van der Waals surface area contributed by atoms with Crippen LogP contribution in [0.2, 0.25) is 0 Å². The number of benzene rings is 1. The Morgan fingerprint density at radius 1 is 1.15 bits per heavy atom. The predicted octanol–water partition coefficient (Wildman–Crippen LogP) is 1.36. The van der Waals surface area contributed by atoms with Crippen LogP contribution in [0.5, 0.6) is 0 Å². The van der Waals surface area contributed by atoms with E-state index >= 15 is 0 Å². The molecule has 110 valence electrons. The smallest absolute Gasteiger partial charge is 0.409 e. The van der Waals surface area contributed by atoms with Crippen molar-refractivity contribution in [1.82, 2.24) is 10.6 Å². The molecule has 0 aliphatic rings. The molecule has 4 N–H and O–H groups in total. The first kappa shape index (κ1) is 16.0. The molecule has 0 atom stereocenters. The Bertz CT molecular complexity index is 464. The molecule has 0 aromatic heterocycles. The van der Waals surface area contributed by atoms with Gasteiger partial charge in [-0.3, -0.25) is 4.79 Å². The second-order valence-electron chi connectivity index (χ2n) is 5.26. The number of nitrogens with one attached hydrogen (secondary N) is 2. The summed E-state index contributed by atoms with van der Waals surface area (Å²) in [7, 11) is 0. The van der Waals surface area contributed by atoms with Crippen LogP contribution in [-0.2, 0) is 11.3 Å². The Balaban J connectivity index is 2.38. The van der Waals surface area contributed by atoms with Crippen molar-refractivity contribution in [1.29, 1.82) is 0 Å². The number of nitrogens with two attached hydrogens (primary N) is 1. The molecule has 0 unspecified atom stereocenters. The standard InChI is InChI=1S/C14H21N3O3/c1-14(2,3)20-13(19)17-9-16-12(18)11-6-4-10(8-15)5-7-11/h4-7H,8-9,15H2,1-3H3,(H,16,18)(H,17,19). The highest BCUT2D eigenvalue weighted by atomic mass is 16.6. The summed E-state index contributed by atoms with van der Waals surface area (Å²) in [5, 5.41) is 5.02. The van der Waals surface area contributed by atoms with Crippen molar-refractivity contribution in [3.05, 3.63) is 35.4 Å². The van der Waals surface area contributed by atoms with E-state index in [-0.39, 0.29) is 12.6 Å². The van der Waals surface area contributed by atoms with Crippen LogP contribution in [-0.4, -0.2) is 24.3 Å². The normalized spacial score (nSPS) is 10.8. The average Bonchev–Trinajstić information content (AvgIpc) is 2.36. The Hall–Kier alpha value is -2.08. The average molecular weight is 279 g/mol. The van der Waals surface area contributed by atoms with E-state index in [1.165, 1.54) is 0 Å². The summed E-state index contributed by atoms with van der Waals surface area (Å²) in [4.78, 5) is 23.1. The Labute approximate surface area is 118 Å². The molecule has 0 fully saturated rings. The van der Waals surface area contributed by atoms with Crippen molar-refractivity contribution in [2.45, 2.75) is 32.9 Å². The molecule has 0 aliphatic carbocycles. The van der Waals surface area contributed by atoms with E-state index < -0.39 is 11.7 Å². The molecule has 6 nitrogen and oxygen atoms in total. The fraction of sp³-hybridized carbons (Fsp3) is 0.429. The van der Waals surface area contributed by atoms with Gasteiger partial charge in [-0.1, -0.05) is 12.1 Å². The van der Waals surface area contributed by atoms with E-state index in [1.54, 1.807) is 45.0 Å². The fourth-order valence-electron chi connectivity index (χ4n) is 1.41. The molecule has 0 radical (unpaired) electrons. The molecular weight excluding hydrogens is 258 g/mol. The summed E-state index contributed by atoms with van der Waals surface area (Å²) in [6, 6.07) is 6.95. The molecule has 1 aromatic rings. The van der Waals surface area contributed by atoms with Gasteiger partial charge in [-0.15, -0.1) is 0 Å². The second kappa shape index (κ2) is 6.91. The van der Waals surface area contributed by atoms with Crippen LogP contribution in [0, 0.1) is 0 Å². The number of amides is 2. The van der Waals surface area contributed by atoms with Crippen LogP contribution >= 0.6 is 0 Å². The van der Waals surface area contributed by atoms with Gasteiger partial charge in [0.15, 0.2) is 0 Å². The van der Waals surface area contributed by atoms with Crippen molar-refractivity contribution >= 4 is 12.0 Å². The maximum absolute atomic E-state index is 11.8. The minimum atomic E-state index is -0.573. The summed E-state index contributed by atoms with van der Waals surface area (Å²) in [5.74, 6) is -0.273. The first-order valence-electron chi connectivity index (χ1n) is 6.36. The zero-order valence-corrected chi connectivity index (χ0v) is 12.0. The number of hydrogen-bond acceptors (Lipinski definition) is 4. The maximum atomic E-state index is 11.8. The molecule has 20 heavy (non-hydrogen) atoms. The Kier molecular flexibility index (Phi) is 5.52. The molecule has 0 aliphatic heterocycles. The summed E-state index contributed by atoms with van der Waals surface area (Å²) in [6.07, 6.45) is -0.573. The number of alkyl carbamates (subject to hydrolysis) is 1. The molecule has 0 heterocycles. The zero-order valence-electron chi connectivity index (χ0n) is 12.0. The minimum absolute atomic E-state index is 0.00634. The number of carbonyl (C=O) groups is 2. The zero-order chi connectivity index (χ0) is 15.2. The third-order valence-electron chi connectivity index (χ3n) is 2.33. The lowest BCUT2D eigenvalue weighted by molar-refractivity contribution is 0.0523. The number of hydrogen-bond donors (Lipinski definition) is 3. The number of rotatable bonds is 4. The minimum Gasteiger partial charge on any atom is -0.444 e. The second-order valence-corrected chi connectivity index (χ2v) is 5.26. The van der Waals surface area contributed by atoms with Crippen LogP contribution in [0.3, 0.4) is 0 Å². The highest BCUT2D eigenvalue weighted by Crippen LogP contribution is 2.06. The van der Waals surface area contributed by atoms with Crippen molar-refractivity contribution in [2.24, 2.45) is 5.73 Å². The molecule has 6 heteroatoms. The SMILES string of the molecule is CC(C)(C)OC(=O)NCNC(=O)c1ccc(CN)cc1. The molecule has 0 bridgehead atoms. The molecule has 0 spiro atoms. The van der Waals surface area contributed by atoms with Crippen LogP contribution in [0.4, 0.5) is 4.79 Å². The van der Waals surface area contributed by atoms with Crippen LogP contribution in [0.25, 0.3) is 0 Å². The van der Waals surface area contributed by atoms with Gasteiger partial charge >= 0.3 is 6.09 Å². The summed E-state index contributed by atoms with van der Waals surface area (Å²) >= 11 is 0. The highest BCUT2D eigenvalue weighted by molar-refractivity contribution is 5.94. The monoisotopic (exact) mass is 279 g/mol. The van der Waals surface area contributed by atoms with E-state index in [4.69, 9.17) is 10.5 Å². The summed E-state index contributed by atoms with van der Waals surface area (Å²) in [5.41, 5.74) is 6.37. The van der Waals surface area contributed by atoms with E-state index in [9.17, 15) is 9.59 Å². The van der Waals surface area contributed by atoms with Gasteiger partial charge in [0.25, 0.3) is 5.91 Å². The van der Waals surface area contributed by atoms with Crippen molar-refractivity contribution in [3.63, 3.8) is 0 Å². The summed E-state index contributed by atoms with van der Waals surface area (Å²) < 4.78 is 5.04. The van der Waals surface area contributed by atoms with Gasteiger partial charge in [-0.25, -0.2) is 4.79 Å². The van der Waals surface area contributed by atoms with Gasteiger partial charge in [0.1, 0.15) is 5.60 Å². The molecule has 1 rings (SSSR count). The van der Waals surface area contributed by atoms with E-state index in [0.717, 1.165) is 5.56 Å². The van der Waals surface area contributed by atoms with Crippen LogP contribution in [0.1, 0.15) is 36.7 Å². The van der Waals surface area contributed by atoms with Gasteiger partial charge in [0.05, 0.1) is 6.67 Å². The van der Waals surface area contributed by atoms with Crippen molar-refractivity contribution in [2.75, 3.05) is 6.67 Å². The molecule has 2 amide bonds. The van der Waals surface area contributed by atoms with Gasteiger partial charge in [-0.2, -0.15) is 0 Å². The summed E-state index contributed by atoms with van der Waals surface area (Å²) in [6.45, 7) is 5.74. The van der Waals surface area contributed by atoms with Gasteiger partial charge < -0.3 is 21.1 Å². The topological polar surface area (TPSA) is 93.5 Å². The first-order chi connectivity index (χ1) is 9.31. The van der Waals surface area contributed by atoms with Gasteiger partial charge in [-0.05, 0) is 38.5 Å². The van der Waals surface area contributed by atoms with Crippen molar-refractivity contribution in [3.8, 4) is 0 Å². The molecule has 0 saturated carbocycles. The fourth-order valence-corrected chi connectivity index (χ4v) is 1.41. The number of carbonyl (C=O) groups excluding carboxylic acids is 2. The van der Waals surface area contributed by atoms with Crippen molar-refractivity contribution < 1.29 is 14.3 Å². The largest absolute Gasteiger partial charge is 0.444 e. The van der Waals surface area contributed by atoms with E-state index in [1.807, 2.05) is 0 Å². The Morgan fingerprint density at radius 2 is 1.75 bits per heavy atom. The van der Waals surface area contributed by atoms with Gasteiger partial charge in [0, 0.05) is 12.1 Å². The van der Waals surface area contributed by atoms with Gasteiger partial charge in [0.2, 0.25) is 0 Å². The quantitative estimate of drug-likeness (QED) is 0.725. The van der Waals surface area contributed by atoms with E-state index in [2.05, 4.69) is 10.6 Å². The maximum Gasteiger partial charge on any atom is 0.409 e. The Morgan fingerprint density at radius 3 is 2.25 bits per heavy atom. The van der Waals surface area contributed by atoms with Crippen LogP contribution in [0.15, 0.2) is 24.3 Å².